The number of carbonyl (C=O) groups is 1. The lowest BCUT2D eigenvalue weighted by Crippen LogP contribution is -2.30. The van der Waals surface area contributed by atoms with Crippen LogP contribution in [0.25, 0.3) is 16.6 Å². The molecule has 0 saturated carbocycles. The first-order valence-corrected chi connectivity index (χ1v) is 9.29. The van der Waals surface area contributed by atoms with Crippen molar-refractivity contribution in [2.75, 3.05) is 13.1 Å². The molecule has 1 saturated heterocycles. The maximum Gasteiger partial charge on any atom is 0.257 e. The number of amides is 1. The van der Waals surface area contributed by atoms with Crippen molar-refractivity contribution >= 4 is 22.5 Å². The quantitative estimate of drug-likeness (QED) is 0.593. The topological polar surface area (TPSA) is 83.6 Å². The molecule has 0 bridgehead atoms. The molecule has 4 aromatic rings. The molecule has 0 spiro atoms. The van der Waals surface area contributed by atoms with Crippen LogP contribution in [0.4, 0.5) is 0 Å². The first-order valence-electron chi connectivity index (χ1n) is 9.29. The van der Waals surface area contributed by atoms with Crippen molar-refractivity contribution in [1.29, 1.82) is 0 Å². The number of aromatic nitrogens is 4. The highest BCUT2D eigenvalue weighted by Crippen LogP contribution is 2.24. The summed E-state index contributed by atoms with van der Waals surface area (Å²) in [7, 11) is 0. The number of aliphatic hydroxyl groups excluding tert-OH is 1. The van der Waals surface area contributed by atoms with Crippen LogP contribution < -0.4 is 0 Å². The Hall–Kier alpha value is -3.32. The molecule has 1 aliphatic heterocycles. The number of carbonyl (C=O) groups excluding carboxylic acids is 1. The summed E-state index contributed by atoms with van der Waals surface area (Å²) in [4.78, 5) is 19.4. The second kappa shape index (κ2) is 6.69. The monoisotopic (exact) mass is 373 g/mol. The van der Waals surface area contributed by atoms with Gasteiger partial charge in [-0.2, -0.15) is 0 Å². The number of pyridine rings is 2. The molecule has 2 atom stereocenters. The molecule has 0 aliphatic carbocycles. The Morgan fingerprint density at radius 3 is 2.93 bits per heavy atom. The molecule has 5 rings (SSSR count). The summed E-state index contributed by atoms with van der Waals surface area (Å²) in [5.41, 5.74) is 2.90. The summed E-state index contributed by atoms with van der Waals surface area (Å²) in [5.74, 6) is -0.179. The predicted molar refractivity (Wildman–Crippen MR) is 104 cm³/mol. The molecule has 4 heterocycles. The number of fused-ring (bicyclic) bond motifs is 2. The van der Waals surface area contributed by atoms with E-state index in [-0.39, 0.29) is 11.8 Å². The smallest absolute Gasteiger partial charge is 0.257 e. The van der Waals surface area contributed by atoms with Crippen molar-refractivity contribution in [2.45, 2.75) is 12.5 Å². The Kier molecular flexibility index (Phi) is 4.02. The zero-order chi connectivity index (χ0) is 19.1. The second-order valence-electron chi connectivity index (χ2n) is 7.22. The second-order valence-corrected chi connectivity index (χ2v) is 7.22. The van der Waals surface area contributed by atoms with Gasteiger partial charge in [0.15, 0.2) is 5.65 Å². The number of para-hydroxylation sites is 1. The number of benzene rings is 1. The van der Waals surface area contributed by atoms with E-state index in [2.05, 4.69) is 10.2 Å². The predicted octanol–water partition coefficient (Wildman–Crippen LogP) is 1.95. The largest absolute Gasteiger partial charge is 0.391 e. The van der Waals surface area contributed by atoms with Crippen LogP contribution in [0.3, 0.4) is 0 Å². The van der Waals surface area contributed by atoms with Gasteiger partial charge in [0.1, 0.15) is 6.33 Å². The van der Waals surface area contributed by atoms with Gasteiger partial charge in [-0.1, -0.05) is 24.3 Å². The number of nitrogens with zero attached hydrogens (tertiary/aromatic N) is 5. The first-order chi connectivity index (χ1) is 13.7. The minimum atomic E-state index is -0.574. The third-order valence-corrected chi connectivity index (χ3v) is 5.38. The standard InChI is InChI=1S/C21H19N5O2/c27-19-12-26(21(28)17-5-3-9-25-13-22-24-20(17)25)11-15(19)10-16-8-7-14-4-1-2-6-18(14)23-16/h1-9,13,15,19,27H,10-12H2/t15-,19-/m1/s1. The molecule has 0 radical (unpaired) electrons. The number of hydrogen-bond donors (Lipinski definition) is 1. The van der Waals surface area contributed by atoms with E-state index >= 15 is 0 Å². The van der Waals surface area contributed by atoms with E-state index in [1.165, 1.54) is 0 Å². The Bertz CT molecular complexity index is 1170. The van der Waals surface area contributed by atoms with Crippen molar-refractivity contribution < 1.29 is 9.90 Å². The fourth-order valence-corrected chi connectivity index (χ4v) is 3.90. The van der Waals surface area contributed by atoms with Crippen LogP contribution in [0.1, 0.15) is 16.1 Å². The zero-order valence-electron chi connectivity index (χ0n) is 15.1. The SMILES string of the molecule is O=C(c1cccn2cnnc12)N1C[C@@H](Cc2ccc3ccccc3n2)[C@H](O)C1. The Morgan fingerprint density at radius 2 is 2.00 bits per heavy atom. The van der Waals surface area contributed by atoms with Gasteiger partial charge in [-0.05, 0) is 30.7 Å². The van der Waals surface area contributed by atoms with Crippen LogP contribution in [0.5, 0.6) is 0 Å². The maximum absolute atomic E-state index is 13.0. The van der Waals surface area contributed by atoms with Crippen molar-refractivity contribution in [3.05, 3.63) is 72.3 Å². The summed E-state index contributed by atoms with van der Waals surface area (Å²) in [5, 5.41) is 19.5. The fraction of sp³-hybridized carbons (Fsp3) is 0.238. The van der Waals surface area contributed by atoms with E-state index in [1.54, 1.807) is 34.0 Å². The van der Waals surface area contributed by atoms with E-state index in [0.717, 1.165) is 16.6 Å². The molecule has 3 aromatic heterocycles. The van der Waals surface area contributed by atoms with Crippen LogP contribution in [-0.4, -0.2) is 54.7 Å². The van der Waals surface area contributed by atoms with Crippen LogP contribution in [0.2, 0.25) is 0 Å². The van der Waals surface area contributed by atoms with Gasteiger partial charge in [0.25, 0.3) is 5.91 Å². The van der Waals surface area contributed by atoms with Crippen molar-refractivity contribution in [3.8, 4) is 0 Å². The van der Waals surface area contributed by atoms with Gasteiger partial charge in [0.05, 0.1) is 17.2 Å². The lowest BCUT2D eigenvalue weighted by Gasteiger charge is -2.16. The van der Waals surface area contributed by atoms with E-state index < -0.39 is 6.10 Å². The molecule has 1 aliphatic rings. The highest BCUT2D eigenvalue weighted by atomic mass is 16.3. The van der Waals surface area contributed by atoms with Gasteiger partial charge >= 0.3 is 0 Å². The van der Waals surface area contributed by atoms with Gasteiger partial charge in [0, 0.05) is 36.3 Å². The van der Waals surface area contributed by atoms with Crippen molar-refractivity contribution in [3.63, 3.8) is 0 Å². The Balaban J connectivity index is 1.35. The number of likely N-dealkylation sites (tertiary alicyclic amines) is 1. The van der Waals surface area contributed by atoms with E-state index in [0.29, 0.717) is 30.7 Å². The summed E-state index contributed by atoms with van der Waals surface area (Å²) >= 11 is 0. The van der Waals surface area contributed by atoms with Crippen molar-refractivity contribution in [2.24, 2.45) is 5.92 Å². The molecule has 0 unspecified atom stereocenters. The summed E-state index contributed by atoms with van der Waals surface area (Å²) in [6, 6.07) is 15.6. The molecule has 1 N–H and O–H groups in total. The Morgan fingerprint density at radius 1 is 1.11 bits per heavy atom. The summed E-state index contributed by atoms with van der Waals surface area (Å²) in [6.45, 7) is 0.802. The highest BCUT2D eigenvalue weighted by molar-refractivity contribution is 5.99. The molecule has 28 heavy (non-hydrogen) atoms. The lowest BCUT2D eigenvalue weighted by molar-refractivity contribution is 0.0766. The van der Waals surface area contributed by atoms with Crippen LogP contribution in [0, 0.1) is 5.92 Å². The average molecular weight is 373 g/mol. The summed E-state index contributed by atoms with van der Waals surface area (Å²) < 4.78 is 1.72. The lowest BCUT2D eigenvalue weighted by atomic mass is 9.99. The first kappa shape index (κ1) is 16.8. The molecular weight excluding hydrogens is 354 g/mol. The van der Waals surface area contributed by atoms with Gasteiger partial charge in [-0.3, -0.25) is 14.2 Å². The average Bonchev–Trinajstić information content (AvgIpc) is 3.34. The van der Waals surface area contributed by atoms with Crippen LogP contribution in [-0.2, 0) is 6.42 Å². The molecule has 1 fully saturated rings. The van der Waals surface area contributed by atoms with Gasteiger partial charge < -0.3 is 10.0 Å². The maximum atomic E-state index is 13.0. The van der Waals surface area contributed by atoms with E-state index in [1.807, 2.05) is 36.4 Å². The van der Waals surface area contributed by atoms with E-state index in [9.17, 15) is 9.90 Å². The van der Waals surface area contributed by atoms with Crippen molar-refractivity contribution in [1.82, 2.24) is 24.5 Å². The van der Waals surface area contributed by atoms with Gasteiger partial charge in [0.2, 0.25) is 0 Å². The van der Waals surface area contributed by atoms with Crippen LogP contribution >= 0.6 is 0 Å². The zero-order valence-corrected chi connectivity index (χ0v) is 15.1. The highest BCUT2D eigenvalue weighted by Gasteiger charge is 2.35. The third kappa shape index (κ3) is 2.90. The van der Waals surface area contributed by atoms with Gasteiger partial charge in [-0.25, -0.2) is 0 Å². The number of rotatable bonds is 3. The number of hydrogen-bond acceptors (Lipinski definition) is 5. The molecule has 7 heteroatoms. The normalized spacial score (nSPS) is 19.5. The molecular formula is C21H19N5O2. The molecule has 140 valence electrons. The molecule has 1 aromatic carbocycles. The third-order valence-electron chi connectivity index (χ3n) is 5.38. The van der Waals surface area contributed by atoms with E-state index in [4.69, 9.17) is 4.98 Å². The number of β-amino-alcohol motifs (C(OH)–C–C–N with tert-alkyl or cyclic N) is 1. The number of aliphatic hydroxyl groups is 1. The van der Waals surface area contributed by atoms with Gasteiger partial charge in [-0.15, -0.1) is 10.2 Å². The Labute approximate surface area is 161 Å². The minimum Gasteiger partial charge on any atom is -0.391 e. The van der Waals surface area contributed by atoms with Crippen LogP contribution in [0.15, 0.2) is 61.1 Å². The minimum absolute atomic E-state index is 0.0461. The fourth-order valence-electron chi connectivity index (χ4n) is 3.90. The summed E-state index contributed by atoms with van der Waals surface area (Å²) in [6.07, 6.45) is 3.43. The molecule has 7 nitrogen and oxygen atoms in total. The molecule has 1 amide bonds.